The maximum Gasteiger partial charge on any atom is 0.339 e. The molecule has 0 aliphatic rings. The Kier molecular flexibility index (Phi) is 6.17. The molecule has 2 N–H and O–H groups in total. The Morgan fingerprint density at radius 1 is 0.958 bits per heavy atom. The first-order valence-electron chi connectivity index (χ1n) is 8.07. The topological polar surface area (TPSA) is 83.8 Å². The number of aromatic hydroxyl groups is 1. The Morgan fingerprint density at radius 2 is 1.42 bits per heavy atom. The number of aryl methyl sites for hydroxylation is 1. The van der Waals surface area contributed by atoms with Gasteiger partial charge in [0.15, 0.2) is 0 Å². The summed E-state index contributed by atoms with van der Waals surface area (Å²) in [5.74, 6) is -1.33. The molecule has 0 aliphatic carbocycles. The van der Waals surface area contributed by atoms with E-state index < -0.39 is 18.5 Å². The highest BCUT2D eigenvalue weighted by Crippen LogP contribution is 2.39. The van der Waals surface area contributed by atoms with Gasteiger partial charge in [-0.2, -0.15) is 0 Å². The molecule has 0 atom stereocenters. The van der Waals surface area contributed by atoms with E-state index >= 15 is 0 Å². The summed E-state index contributed by atoms with van der Waals surface area (Å²) in [5, 5.41) is 19.2. The predicted octanol–water partition coefficient (Wildman–Crippen LogP) is 2.98. The van der Waals surface area contributed by atoms with Crippen LogP contribution in [0.25, 0.3) is 0 Å². The lowest BCUT2D eigenvalue weighted by Crippen LogP contribution is -2.18. The maximum absolute atomic E-state index is 11.6. The van der Waals surface area contributed by atoms with Crippen LogP contribution in [0.2, 0.25) is 0 Å². The maximum atomic E-state index is 11.6. The van der Waals surface area contributed by atoms with Gasteiger partial charge < -0.3 is 14.9 Å². The van der Waals surface area contributed by atoms with E-state index in [0.717, 1.165) is 16.7 Å². The summed E-state index contributed by atoms with van der Waals surface area (Å²) in [4.78, 5) is 22.5. The van der Waals surface area contributed by atoms with Gasteiger partial charge in [0.25, 0.3) is 0 Å². The van der Waals surface area contributed by atoms with Gasteiger partial charge in [0, 0.05) is 0 Å². The van der Waals surface area contributed by atoms with Crippen LogP contribution in [0.4, 0.5) is 0 Å². The first-order chi connectivity index (χ1) is 10.9. The Hall–Kier alpha value is -1.88. The largest absolute Gasteiger partial charge is 0.507 e. The summed E-state index contributed by atoms with van der Waals surface area (Å²) in [6.45, 7) is 11.3. The average Bonchev–Trinajstić information content (AvgIpc) is 2.43. The number of carbonyl (C=O) groups is 2. The number of ether oxygens (including phenoxy) is 1. The standard InChI is InChI=1S/C19H28O5/c1-18(2,3)13-9-12(7-8-15(21)24-16(22)11-20)10-14(17(13)23)19(4,5)6/h9-10,20,23H,7-8,11H2,1-6H3. The number of aliphatic hydroxyl groups is 1. The number of esters is 2. The zero-order valence-electron chi connectivity index (χ0n) is 15.4. The molecule has 0 fully saturated rings. The quantitative estimate of drug-likeness (QED) is 0.652. The summed E-state index contributed by atoms with van der Waals surface area (Å²) < 4.78 is 4.46. The number of phenols is 1. The Bertz CT molecular complexity index is 583. The molecule has 0 aromatic heterocycles. The molecule has 134 valence electrons. The molecule has 1 aromatic rings. The molecule has 0 unspecified atom stereocenters. The molecule has 0 radical (unpaired) electrons. The lowest BCUT2D eigenvalue weighted by atomic mass is 9.78. The van der Waals surface area contributed by atoms with Gasteiger partial charge in [0.2, 0.25) is 0 Å². The summed E-state index contributed by atoms with van der Waals surface area (Å²) in [6.07, 6.45) is 0.424. The van der Waals surface area contributed by atoms with Crippen LogP contribution in [0.15, 0.2) is 12.1 Å². The Morgan fingerprint density at radius 3 is 1.79 bits per heavy atom. The molecule has 5 nitrogen and oxygen atoms in total. The number of benzene rings is 1. The van der Waals surface area contributed by atoms with Crippen LogP contribution < -0.4 is 0 Å². The Labute approximate surface area is 143 Å². The number of rotatable bonds is 4. The van der Waals surface area contributed by atoms with Crippen LogP contribution in [0.3, 0.4) is 0 Å². The van der Waals surface area contributed by atoms with E-state index in [0.29, 0.717) is 6.42 Å². The number of hydrogen-bond donors (Lipinski definition) is 2. The van der Waals surface area contributed by atoms with Gasteiger partial charge in [-0.3, -0.25) is 4.79 Å². The highest BCUT2D eigenvalue weighted by molar-refractivity contribution is 5.86. The first-order valence-corrected chi connectivity index (χ1v) is 8.07. The van der Waals surface area contributed by atoms with Crippen LogP contribution in [-0.4, -0.2) is 28.8 Å². The monoisotopic (exact) mass is 336 g/mol. The minimum Gasteiger partial charge on any atom is -0.507 e. The fourth-order valence-corrected chi connectivity index (χ4v) is 2.44. The van der Waals surface area contributed by atoms with Gasteiger partial charge in [-0.1, -0.05) is 53.7 Å². The van der Waals surface area contributed by atoms with Gasteiger partial charge in [0.05, 0.1) is 6.42 Å². The molecule has 0 heterocycles. The van der Waals surface area contributed by atoms with Crippen molar-refractivity contribution in [1.29, 1.82) is 0 Å². The van der Waals surface area contributed by atoms with Gasteiger partial charge in [-0.25, -0.2) is 4.79 Å². The third kappa shape index (κ3) is 5.34. The molecule has 0 saturated heterocycles. The van der Waals surface area contributed by atoms with E-state index in [4.69, 9.17) is 5.11 Å². The fourth-order valence-electron chi connectivity index (χ4n) is 2.44. The second-order valence-electron chi connectivity index (χ2n) is 8.04. The van der Waals surface area contributed by atoms with Crippen molar-refractivity contribution in [3.05, 3.63) is 28.8 Å². The minimum absolute atomic E-state index is 0.0314. The highest BCUT2D eigenvalue weighted by Gasteiger charge is 2.26. The molecule has 0 aliphatic heterocycles. The summed E-state index contributed by atoms with van der Waals surface area (Å²) in [6, 6.07) is 3.79. The van der Waals surface area contributed by atoms with Crippen LogP contribution in [-0.2, 0) is 31.6 Å². The van der Waals surface area contributed by atoms with Crippen LogP contribution >= 0.6 is 0 Å². The van der Waals surface area contributed by atoms with E-state index in [2.05, 4.69) is 4.74 Å². The van der Waals surface area contributed by atoms with E-state index in [1.165, 1.54) is 0 Å². The number of hydrogen-bond acceptors (Lipinski definition) is 5. The van der Waals surface area contributed by atoms with Crippen molar-refractivity contribution >= 4 is 11.9 Å². The van der Waals surface area contributed by atoms with Crippen molar-refractivity contribution in [2.45, 2.75) is 65.2 Å². The highest BCUT2D eigenvalue weighted by atomic mass is 16.6. The molecule has 0 spiro atoms. The van der Waals surface area contributed by atoms with Crippen molar-refractivity contribution in [2.75, 3.05) is 6.61 Å². The first kappa shape index (κ1) is 20.2. The second kappa shape index (κ2) is 7.34. The number of phenolic OH excluding ortho intramolecular Hbond substituents is 1. The van der Waals surface area contributed by atoms with Crippen molar-refractivity contribution in [1.82, 2.24) is 0 Å². The van der Waals surface area contributed by atoms with Gasteiger partial charge in [-0.05, 0) is 33.9 Å². The van der Waals surface area contributed by atoms with E-state index in [1.54, 1.807) is 0 Å². The van der Waals surface area contributed by atoms with Crippen LogP contribution in [0, 0.1) is 0 Å². The van der Waals surface area contributed by atoms with Crippen molar-refractivity contribution in [3.63, 3.8) is 0 Å². The molecule has 0 saturated carbocycles. The molecule has 0 bridgehead atoms. The lowest BCUT2D eigenvalue weighted by Gasteiger charge is -2.28. The average molecular weight is 336 g/mol. The van der Waals surface area contributed by atoms with Gasteiger partial charge >= 0.3 is 11.9 Å². The molecule has 1 rings (SSSR count). The summed E-state index contributed by atoms with van der Waals surface area (Å²) >= 11 is 0. The predicted molar refractivity (Wildman–Crippen MR) is 92.0 cm³/mol. The molecular weight excluding hydrogens is 308 g/mol. The number of aliphatic hydroxyl groups excluding tert-OH is 1. The fraction of sp³-hybridized carbons (Fsp3) is 0.579. The lowest BCUT2D eigenvalue weighted by molar-refractivity contribution is -0.161. The van der Waals surface area contributed by atoms with Crippen LogP contribution in [0.5, 0.6) is 5.75 Å². The van der Waals surface area contributed by atoms with E-state index in [-0.39, 0.29) is 23.0 Å². The normalized spacial score (nSPS) is 12.1. The van der Waals surface area contributed by atoms with E-state index in [9.17, 15) is 14.7 Å². The number of carbonyl (C=O) groups excluding carboxylic acids is 2. The zero-order valence-corrected chi connectivity index (χ0v) is 15.4. The van der Waals surface area contributed by atoms with Crippen molar-refractivity contribution in [3.8, 4) is 5.75 Å². The minimum atomic E-state index is -0.948. The molecule has 24 heavy (non-hydrogen) atoms. The molecular formula is C19H28O5. The van der Waals surface area contributed by atoms with E-state index in [1.807, 2.05) is 53.7 Å². The van der Waals surface area contributed by atoms with Gasteiger partial charge in [0.1, 0.15) is 12.4 Å². The third-order valence-corrected chi connectivity index (χ3v) is 3.76. The Balaban J connectivity index is 3.12. The smallest absolute Gasteiger partial charge is 0.339 e. The molecule has 1 aromatic carbocycles. The second-order valence-corrected chi connectivity index (χ2v) is 8.04. The molecule has 5 heteroatoms. The third-order valence-electron chi connectivity index (χ3n) is 3.76. The summed E-state index contributed by atoms with van der Waals surface area (Å²) in [5.41, 5.74) is 2.06. The van der Waals surface area contributed by atoms with Crippen molar-refractivity contribution < 1.29 is 24.5 Å². The van der Waals surface area contributed by atoms with Gasteiger partial charge in [-0.15, -0.1) is 0 Å². The molecule has 0 amide bonds. The SMILES string of the molecule is CC(C)(C)c1cc(CCC(=O)OC(=O)CO)cc(C(C)(C)C)c1O. The summed E-state index contributed by atoms with van der Waals surface area (Å²) in [7, 11) is 0. The van der Waals surface area contributed by atoms with Crippen molar-refractivity contribution in [2.24, 2.45) is 0 Å². The zero-order chi connectivity index (χ0) is 18.7. The van der Waals surface area contributed by atoms with Crippen LogP contribution in [0.1, 0.15) is 64.7 Å².